The first kappa shape index (κ1) is 18.4. The first-order valence-corrected chi connectivity index (χ1v) is 8.44. The third-order valence-electron chi connectivity index (χ3n) is 3.36. The summed E-state index contributed by atoms with van der Waals surface area (Å²) in [6.45, 7) is 1.99. The fourth-order valence-corrected chi connectivity index (χ4v) is 3.00. The minimum absolute atomic E-state index is 0.0183. The minimum Gasteiger partial charge on any atom is -0.493 e. The molecular formula is C17H18ClFN2O2S. The van der Waals surface area contributed by atoms with Crippen LogP contribution in [0.3, 0.4) is 0 Å². The number of nitrogens with two attached hydrogens (primary N) is 1. The number of rotatable bonds is 5. The molecule has 0 spiro atoms. The van der Waals surface area contributed by atoms with Crippen LogP contribution < -0.4 is 15.2 Å². The Balaban J connectivity index is 2.12. The van der Waals surface area contributed by atoms with E-state index < -0.39 is 5.82 Å². The van der Waals surface area contributed by atoms with Crippen molar-refractivity contribution in [2.75, 3.05) is 14.2 Å². The number of hydrogen-bond donors (Lipinski definition) is 1. The molecule has 4 nitrogen and oxygen atoms in total. The zero-order valence-electron chi connectivity index (χ0n) is 13.6. The highest BCUT2D eigenvalue weighted by atomic mass is 35.5. The predicted molar refractivity (Wildman–Crippen MR) is 98.3 cm³/mol. The molecule has 0 fully saturated rings. The van der Waals surface area contributed by atoms with Crippen molar-refractivity contribution >= 4 is 34.2 Å². The maximum absolute atomic E-state index is 13.1. The first-order chi connectivity index (χ1) is 11.4. The Morgan fingerprint density at radius 1 is 1.21 bits per heavy atom. The molecule has 0 saturated heterocycles. The molecule has 0 amide bonds. The van der Waals surface area contributed by atoms with E-state index >= 15 is 0 Å². The largest absolute Gasteiger partial charge is 0.493 e. The summed E-state index contributed by atoms with van der Waals surface area (Å²) in [6.07, 6.45) is 0. The van der Waals surface area contributed by atoms with E-state index in [1.54, 1.807) is 14.2 Å². The van der Waals surface area contributed by atoms with Crippen LogP contribution in [0.25, 0.3) is 0 Å². The number of methoxy groups -OCH3 is 2. The van der Waals surface area contributed by atoms with Gasteiger partial charge in [0, 0.05) is 5.75 Å². The maximum atomic E-state index is 13.1. The Morgan fingerprint density at radius 2 is 1.88 bits per heavy atom. The highest BCUT2D eigenvalue weighted by Crippen LogP contribution is 2.32. The Hall–Kier alpha value is -1.92. The molecule has 0 aliphatic carbocycles. The maximum Gasteiger partial charge on any atom is 0.161 e. The molecule has 0 aliphatic rings. The molecule has 0 atom stereocenters. The van der Waals surface area contributed by atoms with Crippen LogP contribution in [0.15, 0.2) is 35.3 Å². The van der Waals surface area contributed by atoms with E-state index in [2.05, 4.69) is 4.99 Å². The Morgan fingerprint density at radius 3 is 2.50 bits per heavy atom. The first-order valence-electron chi connectivity index (χ1n) is 7.08. The number of aryl methyl sites for hydroxylation is 1. The topological polar surface area (TPSA) is 56.8 Å². The van der Waals surface area contributed by atoms with Crippen LogP contribution >= 0.6 is 23.4 Å². The van der Waals surface area contributed by atoms with Gasteiger partial charge in [0.2, 0.25) is 0 Å². The van der Waals surface area contributed by atoms with E-state index in [-0.39, 0.29) is 5.02 Å². The van der Waals surface area contributed by atoms with E-state index in [4.69, 9.17) is 26.8 Å². The zero-order chi connectivity index (χ0) is 17.7. The lowest BCUT2D eigenvalue weighted by molar-refractivity contribution is 0.354. The fraction of sp³-hybridized carbons (Fsp3) is 0.235. The molecule has 0 saturated carbocycles. The summed E-state index contributed by atoms with van der Waals surface area (Å²) in [7, 11) is 3.20. The van der Waals surface area contributed by atoms with Gasteiger partial charge in [-0.1, -0.05) is 23.4 Å². The Bertz CT molecular complexity index is 768. The summed E-state index contributed by atoms with van der Waals surface area (Å²) in [5.41, 5.74) is 8.58. The van der Waals surface area contributed by atoms with Gasteiger partial charge in [-0.05, 0) is 48.4 Å². The molecule has 0 bridgehead atoms. The third-order valence-corrected chi connectivity index (χ3v) is 4.49. The number of halogens is 2. The molecule has 24 heavy (non-hydrogen) atoms. The van der Waals surface area contributed by atoms with Crippen molar-refractivity contribution < 1.29 is 13.9 Å². The van der Waals surface area contributed by atoms with Crippen LogP contribution in [0.4, 0.5) is 10.1 Å². The monoisotopic (exact) mass is 368 g/mol. The van der Waals surface area contributed by atoms with Gasteiger partial charge in [0.05, 0.1) is 24.9 Å². The molecular weight excluding hydrogens is 351 g/mol. The number of amidine groups is 1. The number of aliphatic imine (C=N–C) groups is 1. The second kappa shape index (κ2) is 8.26. The van der Waals surface area contributed by atoms with Crippen molar-refractivity contribution in [3.8, 4) is 11.5 Å². The molecule has 2 aromatic rings. The number of ether oxygens (including phenoxy) is 2. The lowest BCUT2D eigenvalue weighted by Gasteiger charge is -2.12. The summed E-state index contributed by atoms with van der Waals surface area (Å²) in [5, 5.41) is 0.386. The van der Waals surface area contributed by atoms with Gasteiger partial charge in [-0.2, -0.15) is 0 Å². The van der Waals surface area contributed by atoms with Gasteiger partial charge in [0.15, 0.2) is 16.7 Å². The van der Waals surface area contributed by atoms with Crippen molar-refractivity contribution in [3.63, 3.8) is 0 Å². The lowest BCUT2D eigenvalue weighted by atomic mass is 10.1. The highest BCUT2D eigenvalue weighted by Gasteiger charge is 2.09. The van der Waals surface area contributed by atoms with Gasteiger partial charge in [-0.3, -0.25) is 0 Å². The fourth-order valence-electron chi connectivity index (χ4n) is 2.04. The zero-order valence-corrected chi connectivity index (χ0v) is 15.2. The molecule has 0 aliphatic heterocycles. The molecule has 128 valence electrons. The third kappa shape index (κ3) is 4.55. The van der Waals surface area contributed by atoms with Gasteiger partial charge >= 0.3 is 0 Å². The molecule has 7 heteroatoms. The van der Waals surface area contributed by atoms with Crippen LogP contribution in [0.2, 0.25) is 5.02 Å². The summed E-state index contributed by atoms with van der Waals surface area (Å²) < 4.78 is 23.7. The van der Waals surface area contributed by atoms with Gasteiger partial charge in [-0.15, -0.1) is 0 Å². The van der Waals surface area contributed by atoms with Crippen LogP contribution in [-0.4, -0.2) is 19.4 Å². The van der Waals surface area contributed by atoms with Crippen LogP contribution in [0, 0.1) is 12.7 Å². The van der Waals surface area contributed by atoms with Gasteiger partial charge < -0.3 is 15.2 Å². The molecule has 0 unspecified atom stereocenters. The van der Waals surface area contributed by atoms with Crippen LogP contribution in [0.1, 0.15) is 11.1 Å². The quantitative estimate of drug-likeness (QED) is 0.614. The molecule has 0 aromatic heterocycles. The SMILES string of the molecule is COc1cc(C)c(CSC(N)=Nc2ccc(F)c(Cl)c2)cc1OC. The summed E-state index contributed by atoms with van der Waals surface area (Å²) in [4.78, 5) is 4.23. The molecule has 0 heterocycles. The molecule has 2 rings (SSSR count). The second-order valence-corrected chi connectivity index (χ2v) is 6.37. The predicted octanol–water partition coefficient (Wildman–Crippen LogP) is 4.68. The summed E-state index contributed by atoms with van der Waals surface area (Å²) >= 11 is 7.11. The van der Waals surface area contributed by atoms with Crippen molar-refractivity contribution in [2.24, 2.45) is 10.7 Å². The number of benzene rings is 2. The van der Waals surface area contributed by atoms with Gasteiger partial charge in [-0.25, -0.2) is 9.38 Å². The van der Waals surface area contributed by atoms with E-state index in [1.807, 2.05) is 19.1 Å². The van der Waals surface area contributed by atoms with Gasteiger partial charge in [0.25, 0.3) is 0 Å². The smallest absolute Gasteiger partial charge is 0.161 e. The average Bonchev–Trinajstić information content (AvgIpc) is 2.56. The van der Waals surface area contributed by atoms with E-state index in [1.165, 1.54) is 30.0 Å². The lowest BCUT2D eigenvalue weighted by Crippen LogP contribution is -2.06. The summed E-state index contributed by atoms with van der Waals surface area (Å²) in [6, 6.07) is 8.06. The van der Waals surface area contributed by atoms with E-state index in [9.17, 15) is 4.39 Å². The Labute approximate surface area is 149 Å². The van der Waals surface area contributed by atoms with Crippen LogP contribution in [0.5, 0.6) is 11.5 Å². The molecule has 2 N–H and O–H groups in total. The van der Waals surface area contributed by atoms with E-state index in [0.717, 1.165) is 11.1 Å². The second-order valence-electron chi connectivity index (χ2n) is 4.97. The van der Waals surface area contributed by atoms with Crippen molar-refractivity contribution in [3.05, 3.63) is 52.3 Å². The van der Waals surface area contributed by atoms with Crippen molar-refractivity contribution in [2.45, 2.75) is 12.7 Å². The van der Waals surface area contributed by atoms with E-state index in [0.29, 0.717) is 28.1 Å². The average molecular weight is 369 g/mol. The van der Waals surface area contributed by atoms with Crippen LogP contribution in [-0.2, 0) is 5.75 Å². The highest BCUT2D eigenvalue weighted by molar-refractivity contribution is 8.13. The molecule has 2 aromatic carbocycles. The standard InChI is InChI=1S/C17H18ClFN2O2S/c1-10-6-15(22-2)16(23-3)7-11(10)9-24-17(20)21-12-4-5-14(19)13(18)8-12/h4-8H,9H2,1-3H3,(H2,20,21). The number of thioether (sulfide) groups is 1. The summed E-state index contributed by atoms with van der Waals surface area (Å²) in [5.74, 6) is 1.49. The Kier molecular flexibility index (Phi) is 6.34. The number of nitrogens with zero attached hydrogens (tertiary/aromatic N) is 1. The number of hydrogen-bond acceptors (Lipinski definition) is 4. The van der Waals surface area contributed by atoms with Crippen molar-refractivity contribution in [1.29, 1.82) is 0 Å². The molecule has 0 radical (unpaired) electrons. The normalized spacial score (nSPS) is 11.5. The minimum atomic E-state index is -0.484. The van der Waals surface area contributed by atoms with Crippen molar-refractivity contribution in [1.82, 2.24) is 0 Å². The van der Waals surface area contributed by atoms with Gasteiger partial charge in [0.1, 0.15) is 5.82 Å².